The number of nitrogens with one attached hydrogen (secondary N) is 1. The molecule has 8 heteroatoms. The number of aromatic nitrogens is 4. The van der Waals surface area contributed by atoms with Crippen molar-refractivity contribution in [3.05, 3.63) is 84.1 Å². The molecule has 40 heavy (non-hydrogen) atoms. The molecule has 6 rings (SSSR count). The van der Waals surface area contributed by atoms with Gasteiger partial charge in [-0.1, -0.05) is 25.1 Å². The molecule has 204 valence electrons. The zero-order valence-corrected chi connectivity index (χ0v) is 23.1. The molecule has 1 aliphatic heterocycles. The van der Waals surface area contributed by atoms with Crippen molar-refractivity contribution in [1.29, 1.82) is 0 Å². The van der Waals surface area contributed by atoms with Crippen LogP contribution in [-0.4, -0.2) is 44.2 Å². The molecular weight excluding hydrogens is 500 g/mol. The highest BCUT2D eigenvalue weighted by Crippen LogP contribution is 2.30. The summed E-state index contributed by atoms with van der Waals surface area (Å²) < 4.78 is 5.63. The van der Waals surface area contributed by atoms with Gasteiger partial charge in [-0.15, -0.1) is 0 Å². The lowest BCUT2D eigenvalue weighted by molar-refractivity contribution is 0.145. The van der Waals surface area contributed by atoms with Crippen LogP contribution in [0, 0.1) is 6.92 Å². The SMILES string of the molecule is CCc1nc(N[C@@H](C)c2cccc(-c3cnc(N4CCC(O)CC4)nc3)c2)cc(-c2ccc3occ(C)c3c2)n1. The van der Waals surface area contributed by atoms with Crippen LogP contribution in [0.4, 0.5) is 11.8 Å². The Morgan fingerprint density at radius 1 is 1.00 bits per heavy atom. The summed E-state index contributed by atoms with van der Waals surface area (Å²) in [6.45, 7) is 7.82. The van der Waals surface area contributed by atoms with E-state index in [9.17, 15) is 5.11 Å². The monoisotopic (exact) mass is 534 g/mol. The summed E-state index contributed by atoms with van der Waals surface area (Å²) in [5, 5.41) is 14.5. The Bertz CT molecular complexity index is 1620. The quantitative estimate of drug-likeness (QED) is 0.249. The molecule has 1 saturated heterocycles. The number of hydrogen-bond donors (Lipinski definition) is 2. The normalized spacial score (nSPS) is 14.9. The lowest BCUT2D eigenvalue weighted by atomic mass is 10.0. The standard InChI is InChI=1S/C32H34N6O2/c1-4-30-36-28(24-8-9-29-27(15-24)20(2)19-40-29)16-31(37-30)35-21(3)22-6-5-7-23(14-22)25-17-33-32(34-18-25)38-12-10-26(39)11-13-38/h5-9,14-19,21,26,39H,4,10-13H2,1-3H3,(H,35,36,37)/t21-/m0/s1. The summed E-state index contributed by atoms with van der Waals surface area (Å²) >= 11 is 0. The summed E-state index contributed by atoms with van der Waals surface area (Å²) in [6, 6.07) is 16.7. The Balaban J connectivity index is 1.21. The molecule has 0 amide bonds. The minimum absolute atomic E-state index is 0.0194. The fraction of sp³-hybridized carbons (Fsp3) is 0.312. The number of aliphatic hydroxyl groups excluding tert-OH is 1. The zero-order valence-electron chi connectivity index (χ0n) is 23.1. The Morgan fingerprint density at radius 2 is 1.80 bits per heavy atom. The number of rotatable bonds is 7. The number of furan rings is 1. The van der Waals surface area contributed by atoms with Crippen LogP contribution in [0.1, 0.15) is 49.7 Å². The van der Waals surface area contributed by atoms with Gasteiger partial charge in [-0.25, -0.2) is 19.9 Å². The third kappa shape index (κ3) is 5.40. The van der Waals surface area contributed by atoms with E-state index in [2.05, 4.69) is 71.3 Å². The van der Waals surface area contributed by atoms with Gasteiger partial charge in [-0.3, -0.25) is 0 Å². The average Bonchev–Trinajstić information content (AvgIpc) is 3.37. The topological polar surface area (TPSA) is 100 Å². The molecule has 0 unspecified atom stereocenters. The van der Waals surface area contributed by atoms with Crippen molar-refractivity contribution in [2.24, 2.45) is 0 Å². The van der Waals surface area contributed by atoms with E-state index >= 15 is 0 Å². The lowest BCUT2D eigenvalue weighted by Crippen LogP contribution is -2.36. The highest BCUT2D eigenvalue weighted by Gasteiger charge is 2.19. The van der Waals surface area contributed by atoms with Crippen LogP contribution in [0.25, 0.3) is 33.4 Å². The fourth-order valence-electron chi connectivity index (χ4n) is 5.18. The number of benzene rings is 2. The molecule has 4 heterocycles. The van der Waals surface area contributed by atoms with E-state index < -0.39 is 0 Å². The van der Waals surface area contributed by atoms with Crippen molar-refractivity contribution in [3.63, 3.8) is 0 Å². The van der Waals surface area contributed by atoms with Gasteiger partial charge in [0.2, 0.25) is 5.95 Å². The Labute approximate surface area is 234 Å². The van der Waals surface area contributed by atoms with Crippen LogP contribution in [0.5, 0.6) is 0 Å². The number of aryl methyl sites for hydroxylation is 2. The molecule has 1 fully saturated rings. The molecule has 0 spiro atoms. The molecule has 1 atom stereocenters. The van der Waals surface area contributed by atoms with Gasteiger partial charge in [0.25, 0.3) is 0 Å². The van der Waals surface area contributed by atoms with E-state index in [1.807, 2.05) is 30.6 Å². The van der Waals surface area contributed by atoms with E-state index in [1.165, 1.54) is 0 Å². The highest BCUT2D eigenvalue weighted by molar-refractivity contribution is 5.85. The second kappa shape index (κ2) is 11.1. The minimum Gasteiger partial charge on any atom is -0.464 e. The van der Waals surface area contributed by atoms with Gasteiger partial charge in [0.1, 0.15) is 17.2 Å². The molecule has 0 bridgehead atoms. The van der Waals surface area contributed by atoms with Gasteiger partial charge < -0.3 is 19.7 Å². The summed E-state index contributed by atoms with van der Waals surface area (Å²) in [6.07, 6.45) is 7.59. The summed E-state index contributed by atoms with van der Waals surface area (Å²) in [4.78, 5) is 21.0. The maximum atomic E-state index is 9.78. The van der Waals surface area contributed by atoms with Crippen LogP contribution in [0.2, 0.25) is 0 Å². The molecule has 5 aromatic rings. The Hall–Kier alpha value is -4.30. The number of piperidine rings is 1. The van der Waals surface area contributed by atoms with Gasteiger partial charge in [-0.2, -0.15) is 0 Å². The number of hydrogen-bond acceptors (Lipinski definition) is 8. The van der Waals surface area contributed by atoms with Crippen molar-refractivity contribution < 1.29 is 9.52 Å². The molecule has 2 N–H and O–H groups in total. The van der Waals surface area contributed by atoms with Crippen molar-refractivity contribution in [2.45, 2.75) is 52.2 Å². The van der Waals surface area contributed by atoms with Gasteiger partial charge >= 0.3 is 0 Å². The number of aliphatic hydroxyl groups is 1. The molecular formula is C32H34N6O2. The largest absolute Gasteiger partial charge is 0.464 e. The highest BCUT2D eigenvalue weighted by atomic mass is 16.3. The van der Waals surface area contributed by atoms with Crippen molar-refractivity contribution in [1.82, 2.24) is 19.9 Å². The van der Waals surface area contributed by atoms with E-state index in [0.29, 0.717) is 0 Å². The molecule has 0 aliphatic carbocycles. The first-order valence-electron chi connectivity index (χ1n) is 13.9. The predicted molar refractivity (Wildman–Crippen MR) is 158 cm³/mol. The molecule has 2 aromatic carbocycles. The van der Waals surface area contributed by atoms with Gasteiger partial charge in [0.15, 0.2) is 0 Å². The van der Waals surface area contributed by atoms with Crippen LogP contribution >= 0.6 is 0 Å². The van der Waals surface area contributed by atoms with Crippen molar-refractivity contribution in [3.8, 4) is 22.4 Å². The second-order valence-corrected chi connectivity index (χ2v) is 10.5. The van der Waals surface area contributed by atoms with E-state index in [1.54, 1.807) is 6.26 Å². The predicted octanol–water partition coefficient (Wildman–Crippen LogP) is 6.35. The maximum absolute atomic E-state index is 9.78. The van der Waals surface area contributed by atoms with Crippen LogP contribution in [0.3, 0.4) is 0 Å². The van der Waals surface area contributed by atoms with Crippen molar-refractivity contribution in [2.75, 3.05) is 23.3 Å². The van der Waals surface area contributed by atoms with Gasteiger partial charge in [-0.05, 0) is 67.6 Å². The first-order chi connectivity index (χ1) is 19.5. The first kappa shape index (κ1) is 26.0. The maximum Gasteiger partial charge on any atom is 0.225 e. The lowest BCUT2D eigenvalue weighted by Gasteiger charge is -2.29. The van der Waals surface area contributed by atoms with Crippen LogP contribution in [0.15, 0.2) is 71.6 Å². The number of nitrogens with zero attached hydrogens (tertiary/aromatic N) is 5. The van der Waals surface area contributed by atoms with E-state index in [-0.39, 0.29) is 12.1 Å². The van der Waals surface area contributed by atoms with Gasteiger partial charge in [0, 0.05) is 60.5 Å². The molecule has 0 saturated carbocycles. The van der Waals surface area contributed by atoms with E-state index in [0.717, 1.165) is 94.4 Å². The molecule has 3 aromatic heterocycles. The fourth-order valence-corrected chi connectivity index (χ4v) is 5.18. The van der Waals surface area contributed by atoms with Crippen molar-refractivity contribution >= 4 is 22.7 Å². The average molecular weight is 535 g/mol. The second-order valence-electron chi connectivity index (χ2n) is 10.5. The van der Waals surface area contributed by atoms with E-state index in [4.69, 9.17) is 14.4 Å². The Morgan fingerprint density at radius 3 is 2.58 bits per heavy atom. The zero-order chi connectivity index (χ0) is 27.6. The number of anilines is 2. The summed E-state index contributed by atoms with van der Waals surface area (Å²) in [5.74, 6) is 2.31. The number of fused-ring (bicyclic) bond motifs is 1. The minimum atomic E-state index is -0.216. The van der Waals surface area contributed by atoms with Crippen LogP contribution in [-0.2, 0) is 6.42 Å². The molecule has 1 aliphatic rings. The third-order valence-electron chi connectivity index (χ3n) is 7.62. The molecule has 0 radical (unpaired) electrons. The smallest absolute Gasteiger partial charge is 0.225 e. The summed E-state index contributed by atoms with van der Waals surface area (Å²) in [7, 11) is 0. The van der Waals surface area contributed by atoms with Gasteiger partial charge in [0.05, 0.1) is 18.1 Å². The Kier molecular flexibility index (Phi) is 7.17. The van der Waals surface area contributed by atoms with Crippen LogP contribution < -0.4 is 10.2 Å². The molecule has 8 nitrogen and oxygen atoms in total. The third-order valence-corrected chi connectivity index (χ3v) is 7.62. The first-order valence-corrected chi connectivity index (χ1v) is 13.9. The summed E-state index contributed by atoms with van der Waals surface area (Å²) in [5.41, 5.74) is 7.09.